The van der Waals surface area contributed by atoms with Crippen LogP contribution in [0.3, 0.4) is 0 Å². The first-order valence-corrected chi connectivity index (χ1v) is 9.84. The monoisotopic (exact) mass is 398 g/mol. The fourth-order valence-electron chi connectivity index (χ4n) is 3.28. The summed E-state index contributed by atoms with van der Waals surface area (Å²) in [5, 5.41) is 6.01. The number of nitrogens with one attached hydrogen (secondary N) is 2. The van der Waals surface area contributed by atoms with Crippen LogP contribution in [0.15, 0.2) is 30.3 Å². The Hall–Kier alpha value is -2.74. The molecule has 3 rings (SSSR count). The van der Waals surface area contributed by atoms with Crippen molar-refractivity contribution in [2.24, 2.45) is 0 Å². The Labute approximate surface area is 169 Å². The molecule has 0 aliphatic rings. The van der Waals surface area contributed by atoms with E-state index in [1.807, 2.05) is 32.0 Å². The highest BCUT2D eigenvalue weighted by molar-refractivity contribution is 7.71. The molecule has 0 fully saturated rings. The maximum absolute atomic E-state index is 12.2. The van der Waals surface area contributed by atoms with Gasteiger partial charge < -0.3 is 10.2 Å². The molecule has 0 radical (unpaired) electrons. The number of anilines is 1. The second-order valence-corrected chi connectivity index (χ2v) is 7.27. The van der Waals surface area contributed by atoms with Crippen LogP contribution in [0, 0.1) is 18.6 Å². The topological polar surface area (TPSA) is 78.3 Å². The van der Waals surface area contributed by atoms with Gasteiger partial charge in [-0.05, 0) is 56.6 Å². The van der Waals surface area contributed by atoms with Gasteiger partial charge in [-0.15, -0.1) is 0 Å². The van der Waals surface area contributed by atoms with E-state index in [9.17, 15) is 4.79 Å². The summed E-state index contributed by atoms with van der Waals surface area (Å²) >= 11 is 5.08. The van der Waals surface area contributed by atoms with E-state index in [-0.39, 0.29) is 5.91 Å². The number of nitrogens with zero attached hydrogens (tertiary/aromatic N) is 4. The largest absolute Gasteiger partial charge is 0.375 e. The molecule has 7 nitrogen and oxygen atoms in total. The van der Waals surface area contributed by atoms with Crippen molar-refractivity contribution in [3.8, 4) is 0 Å². The van der Waals surface area contributed by atoms with Crippen LogP contribution in [0.1, 0.15) is 29.8 Å². The third-order valence-corrected chi connectivity index (χ3v) is 5.06. The van der Waals surface area contributed by atoms with Crippen molar-refractivity contribution < 1.29 is 4.79 Å². The van der Waals surface area contributed by atoms with Crippen LogP contribution in [0.4, 0.5) is 5.69 Å². The van der Waals surface area contributed by atoms with Crippen molar-refractivity contribution in [3.05, 3.63) is 52.1 Å². The molecule has 8 heteroatoms. The summed E-state index contributed by atoms with van der Waals surface area (Å²) in [5.41, 5.74) is 4.11. The Morgan fingerprint density at radius 2 is 2.00 bits per heavy atom. The maximum atomic E-state index is 12.2. The predicted octanol–water partition coefficient (Wildman–Crippen LogP) is 2.98. The number of hydrogen-bond acceptors (Lipinski definition) is 5. The minimum atomic E-state index is 0.0554. The number of fused-ring (bicyclic) bond motifs is 1. The molecule has 0 aliphatic heterocycles. The zero-order valence-electron chi connectivity index (χ0n) is 16.5. The van der Waals surface area contributed by atoms with Crippen molar-refractivity contribution in [2.75, 3.05) is 25.0 Å². The van der Waals surface area contributed by atoms with E-state index in [1.165, 1.54) is 5.69 Å². The molecule has 0 saturated carbocycles. The van der Waals surface area contributed by atoms with Crippen LogP contribution in [0.5, 0.6) is 0 Å². The van der Waals surface area contributed by atoms with Gasteiger partial charge in [0.05, 0.1) is 0 Å². The summed E-state index contributed by atoms with van der Waals surface area (Å²) < 4.78 is 2.19. The highest BCUT2D eigenvalue weighted by Gasteiger charge is 2.12. The van der Waals surface area contributed by atoms with E-state index < -0.39 is 0 Å². The van der Waals surface area contributed by atoms with E-state index in [0.29, 0.717) is 29.9 Å². The van der Waals surface area contributed by atoms with Gasteiger partial charge in [0, 0.05) is 43.6 Å². The Bertz CT molecular complexity index is 1010. The molecule has 2 heterocycles. The minimum Gasteiger partial charge on any atom is -0.375 e. The molecular formula is C20H26N6OS. The Kier molecular flexibility index (Phi) is 6.41. The molecule has 2 N–H and O–H groups in total. The predicted molar refractivity (Wildman–Crippen MR) is 113 cm³/mol. The first-order chi connectivity index (χ1) is 13.5. The number of rotatable bonds is 8. The molecular weight excluding hydrogens is 372 g/mol. The van der Waals surface area contributed by atoms with Gasteiger partial charge in [0.25, 0.3) is 5.78 Å². The summed E-state index contributed by atoms with van der Waals surface area (Å²) in [6, 6.07) is 10.2. The molecule has 3 aromatic rings. The number of aryl methyl sites for hydroxylation is 2. The zero-order chi connectivity index (χ0) is 20.1. The lowest BCUT2D eigenvalue weighted by molar-refractivity contribution is -0.121. The first-order valence-electron chi connectivity index (χ1n) is 9.43. The highest BCUT2D eigenvalue weighted by atomic mass is 32.1. The van der Waals surface area contributed by atoms with Gasteiger partial charge >= 0.3 is 0 Å². The van der Waals surface area contributed by atoms with Crippen LogP contribution in [-0.4, -0.2) is 45.6 Å². The average Bonchev–Trinajstić information content (AvgIpc) is 3.06. The molecule has 0 aliphatic carbocycles. The molecule has 2 aromatic heterocycles. The lowest BCUT2D eigenvalue weighted by Gasteiger charge is -2.19. The van der Waals surface area contributed by atoms with Gasteiger partial charge in [-0.2, -0.15) is 4.98 Å². The molecule has 1 aromatic carbocycles. The molecule has 0 unspecified atom stereocenters. The van der Waals surface area contributed by atoms with Gasteiger partial charge in [-0.25, -0.2) is 9.50 Å². The SMILES string of the molecule is Cc1nc2nc(=S)[nH]n2c(C)c1CCC(=O)NCCCN(C)c1ccccc1. The van der Waals surface area contributed by atoms with Crippen LogP contribution in [0.25, 0.3) is 5.78 Å². The number of carbonyl (C=O) groups excluding carboxylic acids is 1. The number of aromatic nitrogens is 4. The van der Waals surface area contributed by atoms with E-state index in [4.69, 9.17) is 12.2 Å². The number of aromatic amines is 1. The normalized spacial score (nSPS) is 11.0. The summed E-state index contributed by atoms with van der Waals surface area (Å²) in [7, 11) is 2.06. The Balaban J connectivity index is 1.47. The molecule has 0 saturated heterocycles. The number of hydrogen-bond donors (Lipinski definition) is 2. The fourth-order valence-corrected chi connectivity index (χ4v) is 3.45. The summed E-state index contributed by atoms with van der Waals surface area (Å²) in [4.78, 5) is 23.1. The molecule has 148 valence electrons. The molecule has 0 bridgehead atoms. The van der Waals surface area contributed by atoms with Crippen molar-refractivity contribution in [3.63, 3.8) is 0 Å². The fraction of sp³-hybridized carbons (Fsp3) is 0.400. The van der Waals surface area contributed by atoms with Gasteiger partial charge in [0.1, 0.15) is 0 Å². The number of benzene rings is 1. The standard InChI is InChI=1S/C20H26N6OS/c1-14-17(15(2)26-19(22-14)23-20(28)24-26)10-11-18(27)21-12-7-13-25(3)16-8-5-4-6-9-16/h4-6,8-9H,7,10-13H2,1-3H3,(H,21,27)(H,24,28). The summed E-state index contributed by atoms with van der Waals surface area (Å²) in [6.45, 7) is 5.49. The summed E-state index contributed by atoms with van der Waals surface area (Å²) in [5.74, 6) is 0.621. The summed E-state index contributed by atoms with van der Waals surface area (Å²) in [6.07, 6.45) is 1.96. The van der Waals surface area contributed by atoms with E-state index in [2.05, 4.69) is 44.5 Å². The number of carbonyl (C=O) groups is 1. The van der Waals surface area contributed by atoms with Crippen LogP contribution in [-0.2, 0) is 11.2 Å². The first kappa shape index (κ1) is 20.0. The van der Waals surface area contributed by atoms with Gasteiger partial charge in [-0.1, -0.05) is 18.2 Å². The number of H-pyrrole nitrogens is 1. The van der Waals surface area contributed by atoms with Gasteiger partial charge in [0.15, 0.2) is 0 Å². The highest BCUT2D eigenvalue weighted by Crippen LogP contribution is 2.15. The third-order valence-electron chi connectivity index (χ3n) is 4.88. The zero-order valence-corrected chi connectivity index (χ0v) is 17.3. The smallest absolute Gasteiger partial charge is 0.252 e. The minimum absolute atomic E-state index is 0.0554. The van der Waals surface area contributed by atoms with Gasteiger partial charge in [-0.3, -0.25) is 9.89 Å². The second kappa shape index (κ2) is 8.97. The molecule has 0 atom stereocenters. The van der Waals surface area contributed by atoms with Gasteiger partial charge in [0.2, 0.25) is 10.7 Å². The van der Waals surface area contributed by atoms with Crippen LogP contribution in [0.2, 0.25) is 0 Å². The van der Waals surface area contributed by atoms with E-state index in [0.717, 1.165) is 29.9 Å². The lowest BCUT2D eigenvalue weighted by atomic mass is 10.1. The van der Waals surface area contributed by atoms with Crippen molar-refractivity contribution in [2.45, 2.75) is 33.1 Å². The third kappa shape index (κ3) is 4.75. The Morgan fingerprint density at radius 3 is 2.75 bits per heavy atom. The number of amides is 1. The maximum Gasteiger partial charge on any atom is 0.252 e. The average molecular weight is 399 g/mol. The van der Waals surface area contributed by atoms with E-state index in [1.54, 1.807) is 4.52 Å². The quantitative estimate of drug-likeness (QED) is 0.451. The molecule has 28 heavy (non-hydrogen) atoms. The van der Waals surface area contributed by atoms with Crippen molar-refractivity contribution >= 4 is 29.6 Å². The van der Waals surface area contributed by atoms with Crippen LogP contribution >= 0.6 is 12.2 Å². The second-order valence-electron chi connectivity index (χ2n) is 6.89. The molecule has 1 amide bonds. The number of para-hydroxylation sites is 1. The lowest BCUT2D eigenvalue weighted by Crippen LogP contribution is -2.28. The molecule has 0 spiro atoms. The van der Waals surface area contributed by atoms with Crippen LogP contribution < -0.4 is 10.2 Å². The van der Waals surface area contributed by atoms with Crippen molar-refractivity contribution in [1.82, 2.24) is 24.9 Å². The van der Waals surface area contributed by atoms with Crippen molar-refractivity contribution in [1.29, 1.82) is 0 Å². The Morgan fingerprint density at radius 1 is 1.25 bits per heavy atom. The van der Waals surface area contributed by atoms with E-state index >= 15 is 0 Å².